The Hall–Kier alpha value is -2.58. The summed E-state index contributed by atoms with van der Waals surface area (Å²) in [5, 5.41) is 0. The normalized spacial score (nSPS) is 11.6. The Morgan fingerprint density at radius 1 is 1.11 bits per heavy atom. The summed E-state index contributed by atoms with van der Waals surface area (Å²) < 4.78 is 12.8. The second-order valence-electron chi connectivity index (χ2n) is 5.85. The van der Waals surface area contributed by atoms with E-state index in [-0.39, 0.29) is 5.91 Å². The number of hydrogen-bond donors (Lipinski definition) is 0. The van der Waals surface area contributed by atoms with Gasteiger partial charge in [0.05, 0.1) is 30.0 Å². The summed E-state index contributed by atoms with van der Waals surface area (Å²) >= 11 is 3.10. The van der Waals surface area contributed by atoms with Crippen LogP contribution in [0.1, 0.15) is 20.7 Å². The van der Waals surface area contributed by atoms with Crippen LogP contribution in [0, 0.1) is 0 Å². The maximum absolute atomic E-state index is 12.6. The third-order valence-corrected chi connectivity index (χ3v) is 5.79. The van der Waals surface area contributed by atoms with Crippen LogP contribution in [0.3, 0.4) is 0 Å². The van der Waals surface area contributed by atoms with Crippen LogP contribution in [0.5, 0.6) is 5.75 Å². The molecule has 0 atom stereocenters. The first-order valence-electron chi connectivity index (χ1n) is 8.51. The second-order valence-corrected chi connectivity index (χ2v) is 7.84. The highest BCUT2D eigenvalue weighted by Crippen LogP contribution is 2.20. The van der Waals surface area contributed by atoms with Crippen LogP contribution in [0.15, 0.2) is 47.5 Å². The van der Waals surface area contributed by atoms with E-state index in [4.69, 9.17) is 9.47 Å². The smallest absolute Gasteiger partial charge is 0.337 e. The van der Waals surface area contributed by atoms with E-state index in [0.29, 0.717) is 28.2 Å². The Morgan fingerprint density at radius 3 is 2.46 bits per heavy atom. The summed E-state index contributed by atoms with van der Waals surface area (Å²) in [6, 6.07) is 12.2. The molecule has 0 saturated heterocycles. The highest BCUT2D eigenvalue weighted by atomic mass is 32.2. The molecule has 3 rings (SSSR count). The molecule has 28 heavy (non-hydrogen) atoms. The summed E-state index contributed by atoms with van der Waals surface area (Å²) in [6.07, 6.45) is 2.03. The molecule has 0 bridgehead atoms. The number of aromatic nitrogens is 1. The maximum atomic E-state index is 12.6. The van der Waals surface area contributed by atoms with Crippen LogP contribution in [0.2, 0.25) is 0 Å². The molecular formula is C20H20N2O4S2. The van der Waals surface area contributed by atoms with Crippen molar-refractivity contribution in [2.75, 3.05) is 26.2 Å². The van der Waals surface area contributed by atoms with Crippen molar-refractivity contribution in [2.24, 2.45) is 4.99 Å². The first-order valence-corrected chi connectivity index (χ1v) is 10.7. The van der Waals surface area contributed by atoms with Crippen molar-refractivity contribution in [3.63, 3.8) is 0 Å². The summed E-state index contributed by atoms with van der Waals surface area (Å²) in [6.45, 7) is 0.716. The zero-order chi connectivity index (χ0) is 20.1. The molecule has 1 aromatic heterocycles. The largest absolute Gasteiger partial charge is 0.497 e. The summed E-state index contributed by atoms with van der Waals surface area (Å²) in [5.74, 6) is 0.858. The van der Waals surface area contributed by atoms with Crippen LogP contribution in [0.4, 0.5) is 0 Å². The fraction of sp³-hybridized carbons (Fsp3) is 0.250. The summed E-state index contributed by atoms with van der Waals surface area (Å²) in [5.41, 5.74) is 1.90. The molecule has 0 aliphatic carbocycles. The van der Waals surface area contributed by atoms with Crippen molar-refractivity contribution in [1.82, 2.24) is 4.57 Å². The van der Waals surface area contributed by atoms with Gasteiger partial charge in [0.15, 0.2) is 4.80 Å². The Labute approximate surface area is 170 Å². The number of fused-ring (bicyclic) bond motifs is 1. The van der Waals surface area contributed by atoms with E-state index < -0.39 is 5.97 Å². The quantitative estimate of drug-likeness (QED) is 0.574. The highest BCUT2D eigenvalue weighted by Gasteiger charge is 2.12. The zero-order valence-electron chi connectivity index (χ0n) is 15.8. The molecule has 146 valence electrons. The lowest BCUT2D eigenvalue weighted by Gasteiger charge is -2.04. The van der Waals surface area contributed by atoms with Gasteiger partial charge in [-0.3, -0.25) is 4.79 Å². The van der Waals surface area contributed by atoms with Crippen LogP contribution in [-0.2, 0) is 11.3 Å². The second kappa shape index (κ2) is 9.07. The molecule has 8 heteroatoms. The molecular weight excluding hydrogens is 396 g/mol. The molecule has 0 aliphatic heterocycles. The number of methoxy groups -OCH3 is 2. The maximum Gasteiger partial charge on any atom is 0.337 e. The van der Waals surface area contributed by atoms with E-state index in [1.807, 2.05) is 16.9 Å². The Bertz CT molecular complexity index is 1070. The van der Waals surface area contributed by atoms with Crippen molar-refractivity contribution >= 4 is 45.2 Å². The summed E-state index contributed by atoms with van der Waals surface area (Å²) in [4.78, 5) is 29.4. The monoisotopic (exact) mass is 416 g/mol. The number of ether oxygens (including phenoxy) is 2. The SMILES string of the molecule is COC(=O)c1ccc2c(c1)sc(=NC(=O)c1ccc(OC)cc1)n2CCSC. The van der Waals surface area contributed by atoms with Gasteiger partial charge < -0.3 is 14.0 Å². The number of aryl methyl sites for hydroxylation is 1. The number of rotatable bonds is 6. The van der Waals surface area contributed by atoms with Gasteiger partial charge in [-0.05, 0) is 48.7 Å². The lowest BCUT2D eigenvalue weighted by atomic mass is 10.2. The molecule has 1 amide bonds. The van der Waals surface area contributed by atoms with E-state index in [1.54, 1.807) is 55.3 Å². The number of thiazole rings is 1. The first kappa shape index (κ1) is 20.2. The lowest BCUT2D eigenvalue weighted by molar-refractivity contribution is 0.0601. The zero-order valence-corrected chi connectivity index (χ0v) is 17.4. The molecule has 6 nitrogen and oxygen atoms in total. The molecule has 0 radical (unpaired) electrons. The molecule has 0 spiro atoms. The van der Waals surface area contributed by atoms with Crippen molar-refractivity contribution in [3.8, 4) is 5.75 Å². The van der Waals surface area contributed by atoms with E-state index >= 15 is 0 Å². The van der Waals surface area contributed by atoms with Gasteiger partial charge in [-0.1, -0.05) is 11.3 Å². The Balaban J connectivity index is 2.07. The van der Waals surface area contributed by atoms with Gasteiger partial charge in [-0.2, -0.15) is 16.8 Å². The lowest BCUT2D eigenvalue weighted by Crippen LogP contribution is -2.18. The predicted octanol–water partition coefficient (Wildman–Crippen LogP) is 3.60. The average Bonchev–Trinajstić information content (AvgIpc) is 3.07. The van der Waals surface area contributed by atoms with Gasteiger partial charge in [0.1, 0.15) is 5.75 Å². The molecule has 2 aromatic carbocycles. The molecule has 0 fully saturated rings. The van der Waals surface area contributed by atoms with Crippen LogP contribution < -0.4 is 9.54 Å². The van der Waals surface area contributed by atoms with Crippen LogP contribution in [0.25, 0.3) is 10.2 Å². The van der Waals surface area contributed by atoms with E-state index in [0.717, 1.165) is 16.0 Å². The number of hydrogen-bond acceptors (Lipinski definition) is 6. The fourth-order valence-corrected chi connectivity index (χ4v) is 4.15. The van der Waals surface area contributed by atoms with Gasteiger partial charge in [-0.25, -0.2) is 4.79 Å². The highest BCUT2D eigenvalue weighted by molar-refractivity contribution is 7.98. The van der Waals surface area contributed by atoms with Crippen molar-refractivity contribution in [2.45, 2.75) is 6.54 Å². The molecule has 0 unspecified atom stereocenters. The van der Waals surface area contributed by atoms with Gasteiger partial charge in [0.25, 0.3) is 5.91 Å². The summed E-state index contributed by atoms with van der Waals surface area (Å²) in [7, 11) is 2.93. The number of amides is 1. The van der Waals surface area contributed by atoms with Gasteiger partial charge in [-0.15, -0.1) is 0 Å². The number of nitrogens with zero attached hydrogens (tertiary/aromatic N) is 2. The number of thioether (sulfide) groups is 1. The van der Waals surface area contributed by atoms with E-state index in [9.17, 15) is 9.59 Å². The van der Waals surface area contributed by atoms with Crippen LogP contribution in [-0.4, -0.2) is 42.7 Å². The number of benzene rings is 2. The molecule has 0 aliphatic rings. The Kier molecular flexibility index (Phi) is 6.53. The standard InChI is InChI=1S/C20H20N2O4S2/c1-25-15-7-4-13(5-8-15)18(23)21-20-22(10-11-27-3)16-9-6-14(19(24)26-2)12-17(16)28-20/h4-9,12H,10-11H2,1-3H3. The van der Waals surface area contributed by atoms with Gasteiger partial charge in [0, 0.05) is 17.9 Å². The molecule has 0 saturated carbocycles. The van der Waals surface area contributed by atoms with E-state index in [2.05, 4.69) is 4.99 Å². The molecule has 0 N–H and O–H groups in total. The topological polar surface area (TPSA) is 69.9 Å². The molecule has 1 heterocycles. The van der Waals surface area contributed by atoms with E-state index in [1.165, 1.54) is 18.4 Å². The average molecular weight is 417 g/mol. The van der Waals surface area contributed by atoms with Crippen LogP contribution >= 0.6 is 23.1 Å². The van der Waals surface area contributed by atoms with Crippen molar-refractivity contribution < 1.29 is 19.1 Å². The third-order valence-electron chi connectivity index (χ3n) is 4.16. The minimum Gasteiger partial charge on any atom is -0.497 e. The van der Waals surface area contributed by atoms with Crippen molar-refractivity contribution in [3.05, 3.63) is 58.4 Å². The van der Waals surface area contributed by atoms with Gasteiger partial charge in [0.2, 0.25) is 0 Å². The predicted molar refractivity (Wildman–Crippen MR) is 112 cm³/mol. The fourth-order valence-electron chi connectivity index (χ4n) is 2.69. The van der Waals surface area contributed by atoms with Gasteiger partial charge >= 0.3 is 5.97 Å². The number of carbonyl (C=O) groups is 2. The minimum atomic E-state index is -0.390. The minimum absolute atomic E-state index is 0.319. The molecule has 3 aromatic rings. The first-order chi connectivity index (χ1) is 13.6. The number of esters is 1. The van der Waals surface area contributed by atoms with Crippen molar-refractivity contribution in [1.29, 1.82) is 0 Å². The third kappa shape index (κ3) is 4.28. The number of carbonyl (C=O) groups excluding carboxylic acids is 2. The Morgan fingerprint density at radius 2 is 1.82 bits per heavy atom.